The van der Waals surface area contributed by atoms with Gasteiger partial charge < -0.3 is 10.2 Å². The third kappa shape index (κ3) is 5.13. The van der Waals surface area contributed by atoms with E-state index >= 15 is 0 Å². The Bertz CT molecular complexity index is 624. The fourth-order valence-corrected chi connectivity index (χ4v) is 3.27. The predicted octanol–water partition coefficient (Wildman–Crippen LogP) is 1.62. The molecule has 0 atom stereocenters. The molecule has 0 spiro atoms. The fraction of sp³-hybridized carbons (Fsp3) is 0.526. The van der Waals surface area contributed by atoms with Gasteiger partial charge in [-0.15, -0.1) is 0 Å². The summed E-state index contributed by atoms with van der Waals surface area (Å²) in [5.74, 6) is -0.0291. The lowest BCUT2D eigenvalue weighted by Crippen LogP contribution is -2.37. The lowest BCUT2D eigenvalue weighted by molar-refractivity contribution is -0.132. The average Bonchev–Trinajstić information content (AvgIpc) is 3.15. The Morgan fingerprint density at radius 1 is 1.08 bits per heavy atom. The number of hydrazone groups is 1. The van der Waals surface area contributed by atoms with Crippen molar-refractivity contribution in [2.75, 3.05) is 32.7 Å². The zero-order valence-corrected chi connectivity index (χ0v) is 14.6. The van der Waals surface area contributed by atoms with Crippen LogP contribution in [0.3, 0.4) is 0 Å². The Balaban J connectivity index is 1.45. The van der Waals surface area contributed by atoms with E-state index in [1.54, 1.807) is 0 Å². The number of carbonyl (C=O) groups is 2. The maximum Gasteiger partial charge on any atom is 0.243 e. The molecule has 0 aliphatic carbocycles. The molecule has 1 aromatic rings. The third-order valence-electron chi connectivity index (χ3n) is 4.71. The van der Waals surface area contributed by atoms with Gasteiger partial charge in [0.25, 0.3) is 0 Å². The molecular formula is C19H26N4O2. The number of nitrogens with zero attached hydrogens (tertiary/aromatic N) is 3. The molecule has 1 fully saturated rings. The molecule has 0 saturated carbocycles. The minimum Gasteiger partial charge on any atom is -0.355 e. The quantitative estimate of drug-likeness (QED) is 0.819. The summed E-state index contributed by atoms with van der Waals surface area (Å²) in [6.45, 7) is 4.19. The standard InChI is InChI=1S/C19H26N4O2/c24-18(20-11-15-22-12-4-5-13-22)10-14-23-19(25)9-8-17(21-23)16-6-2-1-3-7-16/h1-3,6-7H,4-5,8-15H2,(H,20,24). The number of likely N-dealkylation sites (tertiary alicyclic amines) is 1. The second-order valence-corrected chi connectivity index (χ2v) is 6.58. The van der Waals surface area contributed by atoms with E-state index < -0.39 is 0 Å². The van der Waals surface area contributed by atoms with Gasteiger partial charge in [0.15, 0.2) is 0 Å². The first kappa shape index (κ1) is 17.6. The van der Waals surface area contributed by atoms with Crippen LogP contribution >= 0.6 is 0 Å². The van der Waals surface area contributed by atoms with Crippen molar-refractivity contribution in [3.05, 3.63) is 35.9 Å². The van der Waals surface area contributed by atoms with E-state index in [0.29, 0.717) is 25.9 Å². The van der Waals surface area contributed by atoms with Crippen LogP contribution in [0.2, 0.25) is 0 Å². The van der Waals surface area contributed by atoms with E-state index in [1.807, 2.05) is 30.3 Å². The van der Waals surface area contributed by atoms with Crippen LogP contribution in [0, 0.1) is 0 Å². The summed E-state index contributed by atoms with van der Waals surface area (Å²) in [5.41, 5.74) is 1.95. The number of carbonyl (C=O) groups excluding carboxylic acids is 2. The van der Waals surface area contributed by atoms with E-state index in [0.717, 1.165) is 30.9 Å². The maximum atomic E-state index is 12.1. The zero-order chi connectivity index (χ0) is 17.5. The number of rotatable bonds is 7. The predicted molar refractivity (Wildman–Crippen MR) is 97.2 cm³/mol. The van der Waals surface area contributed by atoms with Crippen LogP contribution in [0.15, 0.2) is 35.4 Å². The zero-order valence-electron chi connectivity index (χ0n) is 14.6. The van der Waals surface area contributed by atoms with Gasteiger partial charge in [-0.05, 0) is 31.5 Å². The van der Waals surface area contributed by atoms with Crippen LogP contribution in [0.25, 0.3) is 0 Å². The molecule has 6 heteroatoms. The topological polar surface area (TPSA) is 65.0 Å². The van der Waals surface area contributed by atoms with Crippen LogP contribution in [0.5, 0.6) is 0 Å². The Hall–Kier alpha value is -2.21. The highest BCUT2D eigenvalue weighted by molar-refractivity contribution is 6.04. The first-order valence-electron chi connectivity index (χ1n) is 9.15. The molecule has 2 aliphatic rings. The summed E-state index contributed by atoms with van der Waals surface area (Å²) < 4.78 is 0. The molecule has 6 nitrogen and oxygen atoms in total. The van der Waals surface area contributed by atoms with Gasteiger partial charge in [-0.1, -0.05) is 30.3 Å². The molecule has 2 amide bonds. The van der Waals surface area contributed by atoms with Crippen LogP contribution in [-0.4, -0.2) is 60.2 Å². The molecule has 0 bridgehead atoms. The number of nitrogens with one attached hydrogen (secondary N) is 1. The molecule has 0 unspecified atom stereocenters. The highest BCUT2D eigenvalue weighted by Gasteiger charge is 2.21. The minimum absolute atomic E-state index is 0.00968. The normalized spacial score (nSPS) is 18.3. The van der Waals surface area contributed by atoms with Crippen molar-refractivity contribution in [3.8, 4) is 0 Å². The molecular weight excluding hydrogens is 316 g/mol. The van der Waals surface area contributed by atoms with Gasteiger partial charge in [-0.25, -0.2) is 5.01 Å². The summed E-state index contributed by atoms with van der Waals surface area (Å²) in [6.07, 6.45) is 3.91. The first-order valence-corrected chi connectivity index (χ1v) is 9.15. The van der Waals surface area contributed by atoms with Gasteiger partial charge in [0.2, 0.25) is 11.8 Å². The van der Waals surface area contributed by atoms with Gasteiger partial charge in [-0.3, -0.25) is 9.59 Å². The van der Waals surface area contributed by atoms with E-state index in [4.69, 9.17) is 0 Å². The maximum absolute atomic E-state index is 12.1. The van der Waals surface area contributed by atoms with Crippen molar-refractivity contribution >= 4 is 17.5 Å². The molecule has 3 rings (SSSR count). The Labute approximate surface area is 148 Å². The summed E-state index contributed by atoms with van der Waals surface area (Å²) in [6, 6.07) is 9.89. The SMILES string of the molecule is O=C(CCN1N=C(c2ccccc2)CCC1=O)NCCN1CCCC1. The molecule has 1 aromatic carbocycles. The molecule has 2 aliphatic heterocycles. The molecule has 0 radical (unpaired) electrons. The van der Waals surface area contributed by atoms with Crippen LogP contribution < -0.4 is 5.32 Å². The van der Waals surface area contributed by atoms with Crippen molar-refractivity contribution in [1.82, 2.24) is 15.2 Å². The molecule has 2 heterocycles. The smallest absolute Gasteiger partial charge is 0.243 e. The van der Waals surface area contributed by atoms with Crippen LogP contribution in [-0.2, 0) is 9.59 Å². The highest BCUT2D eigenvalue weighted by Crippen LogP contribution is 2.15. The lowest BCUT2D eigenvalue weighted by Gasteiger charge is -2.23. The number of benzene rings is 1. The monoisotopic (exact) mass is 342 g/mol. The van der Waals surface area contributed by atoms with E-state index in [9.17, 15) is 9.59 Å². The van der Waals surface area contributed by atoms with E-state index in [2.05, 4.69) is 15.3 Å². The molecule has 0 aromatic heterocycles. The largest absolute Gasteiger partial charge is 0.355 e. The van der Waals surface area contributed by atoms with Gasteiger partial charge in [-0.2, -0.15) is 5.10 Å². The third-order valence-corrected chi connectivity index (χ3v) is 4.71. The Morgan fingerprint density at radius 2 is 1.84 bits per heavy atom. The molecule has 25 heavy (non-hydrogen) atoms. The minimum atomic E-state index is -0.0194. The second kappa shape index (κ2) is 8.76. The van der Waals surface area contributed by atoms with Crippen LogP contribution in [0.1, 0.15) is 37.7 Å². The summed E-state index contributed by atoms with van der Waals surface area (Å²) in [4.78, 5) is 26.4. The fourth-order valence-electron chi connectivity index (χ4n) is 3.27. The molecule has 1 saturated heterocycles. The number of hydrogen-bond donors (Lipinski definition) is 1. The Morgan fingerprint density at radius 3 is 2.60 bits per heavy atom. The van der Waals surface area contributed by atoms with Gasteiger partial charge in [0.05, 0.1) is 12.3 Å². The second-order valence-electron chi connectivity index (χ2n) is 6.58. The van der Waals surface area contributed by atoms with Crippen molar-refractivity contribution in [2.45, 2.75) is 32.1 Å². The lowest BCUT2D eigenvalue weighted by atomic mass is 10.0. The van der Waals surface area contributed by atoms with Gasteiger partial charge >= 0.3 is 0 Å². The van der Waals surface area contributed by atoms with Gasteiger partial charge in [0.1, 0.15) is 0 Å². The summed E-state index contributed by atoms with van der Waals surface area (Å²) >= 11 is 0. The molecule has 134 valence electrons. The van der Waals surface area contributed by atoms with Gasteiger partial charge in [0, 0.05) is 32.4 Å². The Kier molecular flexibility index (Phi) is 6.17. The highest BCUT2D eigenvalue weighted by atomic mass is 16.2. The first-order chi connectivity index (χ1) is 12.2. The van der Waals surface area contributed by atoms with Crippen molar-refractivity contribution in [1.29, 1.82) is 0 Å². The molecule has 1 N–H and O–H groups in total. The van der Waals surface area contributed by atoms with E-state index in [-0.39, 0.29) is 18.2 Å². The summed E-state index contributed by atoms with van der Waals surface area (Å²) in [5, 5.41) is 8.85. The average molecular weight is 342 g/mol. The number of amides is 2. The van der Waals surface area contributed by atoms with Crippen LogP contribution in [0.4, 0.5) is 0 Å². The van der Waals surface area contributed by atoms with E-state index in [1.165, 1.54) is 17.9 Å². The van der Waals surface area contributed by atoms with Crippen molar-refractivity contribution < 1.29 is 9.59 Å². The summed E-state index contributed by atoms with van der Waals surface area (Å²) in [7, 11) is 0. The van der Waals surface area contributed by atoms with Crippen molar-refractivity contribution in [2.24, 2.45) is 5.10 Å². The van der Waals surface area contributed by atoms with Crippen molar-refractivity contribution in [3.63, 3.8) is 0 Å². The number of hydrogen-bond acceptors (Lipinski definition) is 4.